The number of carbonyl (C=O) groups excluding carboxylic acids is 1. The van der Waals surface area contributed by atoms with Crippen LogP contribution in [0.4, 0.5) is 4.79 Å². The fourth-order valence-corrected chi connectivity index (χ4v) is 2.32. The van der Waals surface area contributed by atoms with Gasteiger partial charge in [0.15, 0.2) is 0 Å². The van der Waals surface area contributed by atoms with Gasteiger partial charge in [-0.15, -0.1) is 0 Å². The molecule has 2 atom stereocenters. The Morgan fingerprint density at radius 3 is 2.65 bits per heavy atom. The lowest BCUT2D eigenvalue weighted by Crippen LogP contribution is -2.50. The van der Waals surface area contributed by atoms with Gasteiger partial charge in [-0.25, -0.2) is 9.59 Å². The number of nitrogens with zero attached hydrogens (tertiary/aromatic N) is 1. The molecule has 6 heteroatoms. The van der Waals surface area contributed by atoms with Gasteiger partial charge < -0.3 is 14.9 Å². The van der Waals surface area contributed by atoms with Crippen LogP contribution in [-0.4, -0.2) is 45.4 Å². The molecule has 0 saturated carbocycles. The lowest BCUT2D eigenvalue weighted by Gasteiger charge is -2.29. The van der Waals surface area contributed by atoms with Crippen LogP contribution in [0.1, 0.15) is 18.9 Å². The smallest absolute Gasteiger partial charge is 0.411 e. The number of carboxylic acids is 1. The van der Waals surface area contributed by atoms with Gasteiger partial charge in [0, 0.05) is 6.42 Å². The van der Waals surface area contributed by atoms with Crippen LogP contribution in [0.5, 0.6) is 0 Å². The van der Waals surface area contributed by atoms with E-state index in [2.05, 4.69) is 0 Å². The van der Waals surface area contributed by atoms with Crippen LogP contribution in [0.3, 0.4) is 0 Å². The number of aliphatic carboxylic acids is 1. The number of likely N-dealkylation sites (tertiary alicyclic amines) is 1. The van der Waals surface area contributed by atoms with Crippen LogP contribution in [0.15, 0.2) is 30.3 Å². The fourth-order valence-electron chi connectivity index (χ4n) is 2.32. The molecule has 2 rings (SSSR count). The van der Waals surface area contributed by atoms with Crippen LogP contribution >= 0.6 is 0 Å². The summed E-state index contributed by atoms with van der Waals surface area (Å²) >= 11 is 0. The van der Waals surface area contributed by atoms with E-state index in [1.54, 1.807) is 0 Å². The first-order valence-corrected chi connectivity index (χ1v) is 6.33. The molecule has 1 aromatic carbocycles. The molecule has 0 spiro atoms. The van der Waals surface area contributed by atoms with Crippen LogP contribution in [-0.2, 0) is 16.1 Å². The van der Waals surface area contributed by atoms with Gasteiger partial charge in [-0.05, 0) is 12.5 Å². The monoisotopic (exact) mass is 279 g/mol. The molecule has 0 bridgehead atoms. The van der Waals surface area contributed by atoms with E-state index in [0.29, 0.717) is 0 Å². The Kier molecular flexibility index (Phi) is 3.94. The average molecular weight is 279 g/mol. The molecule has 1 aliphatic rings. The van der Waals surface area contributed by atoms with Crippen molar-refractivity contribution in [3.63, 3.8) is 0 Å². The van der Waals surface area contributed by atoms with Gasteiger partial charge >= 0.3 is 12.1 Å². The lowest BCUT2D eigenvalue weighted by atomic mass is 9.99. The van der Waals surface area contributed by atoms with Crippen molar-refractivity contribution in [1.29, 1.82) is 0 Å². The van der Waals surface area contributed by atoms with Crippen molar-refractivity contribution in [2.45, 2.75) is 31.6 Å². The molecule has 108 valence electrons. The van der Waals surface area contributed by atoms with E-state index in [1.165, 1.54) is 6.92 Å². The summed E-state index contributed by atoms with van der Waals surface area (Å²) in [6.07, 6.45) is -1.57. The summed E-state index contributed by atoms with van der Waals surface area (Å²) < 4.78 is 5.12. The predicted octanol–water partition coefficient (Wildman–Crippen LogP) is 1.23. The second-order valence-corrected chi connectivity index (χ2v) is 5.09. The van der Waals surface area contributed by atoms with E-state index in [4.69, 9.17) is 4.74 Å². The van der Waals surface area contributed by atoms with Gasteiger partial charge in [0.05, 0.1) is 12.6 Å². The van der Waals surface area contributed by atoms with Crippen molar-refractivity contribution in [3.05, 3.63) is 35.9 Å². The van der Waals surface area contributed by atoms with Gasteiger partial charge in [0.1, 0.15) is 12.1 Å². The van der Waals surface area contributed by atoms with E-state index in [9.17, 15) is 19.8 Å². The number of aliphatic hydroxyl groups excluding tert-OH is 1. The number of hydrogen-bond acceptors (Lipinski definition) is 4. The maximum atomic E-state index is 12.0. The van der Waals surface area contributed by atoms with Crippen molar-refractivity contribution >= 4 is 12.1 Å². The first-order chi connectivity index (χ1) is 9.43. The largest absolute Gasteiger partial charge is 0.480 e. The first-order valence-electron chi connectivity index (χ1n) is 6.33. The van der Waals surface area contributed by atoms with Crippen LogP contribution in [0.25, 0.3) is 0 Å². The zero-order valence-corrected chi connectivity index (χ0v) is 11.2. The average Bonchev–Trinajstić information content (AvgIpc) is 2.74. The molecule has 0 aliphatic carbocycles. The molecule has 1 aromatic rings. The lowest BCUT2D eigenvalue weighted by molar-refractivity contribution is -0.147. The molecule has 2 N–H and O–H groups in total. The summed E-state index contributed by atoms with van der Waals surface area (Å²) in [6, 6.07) is 9.11. The SMILES string of the molecule is C[C@]1(C(=O)O)C[C@H](O)CN1C(=O)OCc1ccccc1. The number of benzene rings is 1. The molecule has 1 saturated heterocycles. The minimum absolute atomic E-state index is 0.00275. The highest BCUT2D eigenvalue weighted by molar-refractivity contribution is 5.84. The molecule has 0 radical (unpaired) electrons. The van der Waals surface area contributed by atoms with Crippen molar-refractivity contribution < 1.29 is 24.5 Å². The Labute approximate surface area is 116 Å². The summed E-state index contributed by atoms with van der Waals surface area (Å²) in [6.45, 7) is 1.45. The number of carboxylic acid groups (broad SMARTS) is 1. The first kappa shape index (κ1) is 14.3. The van der Waals surface area contributed by atoms with Crippen molar-refractivity contribution in [1.82, 2.24) is 4.90 Å². The van der Waals surface area contributed by atoms with Gasteiger partial charge in [-0.3, -0.25) is 4.90 Å². The van der Waals surface area contributed by atoms with E-state index in [0.717, 1.165) is 10.5 Å². The van der Waals surface area contributed by atoms with Crippen molar-refractivity contribution in [2.24, 2.45) is 0 Å². The number of hydrogen-bond donors (Lipinski definition) is 2. The normalized spacial score (nSPS) is 25.5. The van der Waals surface area contributed by atoms with Crippen molar-refractivity contribution in [3.8, 4) is 0 Å². The van der Waals surface area contributed by atoms with Crippen LogP contribution < -0.4 is 0 Å². The molecule has 20 heavy (non-hydrogen) atoms. The minimum Gasteiger partial charge on any atom is -0.480 e. The van der Waals surface area contributed by atoms with E-state index in [-0.39, 0.29) is 19.6 Å². The van der Waals surface area contributed by atoms with Gasteiger partial charge in [-0.1, -0.05) is 30.3 Å². The topological polar surface area (TPSA) is 87.1 Å². The molecule has 1 aliphatic heterocycles. The summed E-state index contributed by atoms with van der Waals surface area (Å²) in [4.78, 5) is 24.4. The number of ether oxygens (including phenoxy) is 1. The van der Waals surface area contributed by atoms with Gasteiger partial charge in [0.2, 0.25) is 0 Å². The molecule has 0 aromatic heterocycles. The second kappa shape index (κ2) is 5.50. The molecule has 1 heterocycles. The Hall–Kier alpha value is -2.08. The minimum atomic E-state index is -1.42. The number of β-amino-alcohol motifs (C(OH)–C–C–N with tert-alkyl or cyclic N) is 1. The Morgan fingerprint density at radius 1 is 1.40 bits per heavy atom. The number of carbonyl (C=O) groups is 2. The summed E-state index contributed by atoms with van der Waals surface area (Å²) in [5.41, 5.74) is -0.606. The quantitative estimate of drug-likeness (QED) is 0.869. The summed E-state index contributed by atoms with van der Waals surface area (Å²) in [7, 11) is 0. The van der Waals surface area contributed by atoms with Crippen molar-refractivity contribution in [2.75, 3.05) is 6.54 Å². The third kappa shape index (κ3) is 2.75. The van der Waals surface area contributed by atoms with E-state index < -0.39 is 23.7 Å². The fraction of sp³-hybridized carbons (Fsp3) is 0.429. The van der Waals surface area contributed by atoms with E-state index >= 15 is 0 Å². The number of amides is 1. The number of aliphatic hydroxyl groups is 1. The third-order valence-corrected chi connectivity index (χ3v) is 3.51. The molecule has 6 nitrogen and oxygen atoms in total. The van der Waals surface area contributed by atoms with Crippen LogP contribution in [0, 0.1) is 0 Å². The highest BCUT2D eigenvalue weighted by Gasteiger charge is 2.50. The second-order valence-electron chi connectivity index (χ2n) is 5.09. The number of rotatable bonds is 3. The molecular formula is C14H17NO5. The van der Waals surface area contributed by atoms with Crippen LogP contribution in [0.2, 0.25) is 0 Å². The zero-order valence-electron chi connectivity index (χ0n) is 11.2. The summed E-state index contributed by atoms with van der Waals surface area (Å²) in [5.74, 6) is -1.15. The predicted molar refractivity (Wildman–Crippen MR) is 70.0 cm³/mol. The molecular weight excluding hydrogens is 262 g/mol. The summed E-state index contributed by atoms with van der Waals surface area (Å²) in [5, 5.41) is 18.8. The maximum absolute atomic E-state index is 12.0. The standard InChI is InChI=1S/C14H17NO5/c1-14(12(17)18)7-11(16)8-15(14)13(19)20-9-10-5-3-2-4-6-10/h2-6,11,16H,7-9H2,1H3,(H,17,18)/t11-,14+/m0/s1. The van der Waals surface area contributed by atoms with Gasteiger partial charge in [0.25, 0.3) is 0 Å². The molecule has 0 unspecified atom stereocenters. The Bertz CT molecular complexity index is 504. The Morgan fingerprint density at radius 2 is 2.05 bits per heavy atom. The Balaban J connectivity index is 2.03. The highest BCUT2D eigenvalue weighted by atomic mass is 16.6. The van der Waals surface area contributed by atoms with E-state index in [1.807, 2.05) is 30.3 Å². The third-order valence-electron chi connectivity index (χ3n) is 3.51. The highest BCUT2D eigenvalue weighted by Crippen LogP contribution is 2.30. The maximum Gasteiger partial charge on any atom is 0.411 e. The molecule has 1 amide bonds. The molecule has 1 fully saturated rings. The zero-order chi connectivity index (χ0) is 14.8. The van der Waals surface area contributed by atoms with Gasteiger partial charge in [-0.2, -0.15) is 0 Å².